The summed E-state index contributed by atoms with van der Waals surface area (Å²) >= 11 is 0. The molecule has 3 aromatic rings. The number of anilines is 1. The maximum atomic E-state index is 5.26. The third kappa shape index (κ3) is 4.67. The van der Waals surface area contributed by atoms with Gasteiger partial charge in [-0.1, -0.05) is 18.6 Å². The maximum absolute atomic E-state index is 5.26. The van der Waals surface area contributed by atoms with Crippen molar-refractivity contribution in [3.63, 3.8) is 0 Å². The lowest BCUT2D eigenvalue weighted by atomic mass is 10.0. The van der Waals surface area contributed by atoms with Crippen LogP contribution in [0.3, 0.4) is 0 Å². The highest BCUT2D eigenvalue weighted by molar-refractivity contribution is 5.90. The van der Waals surface area contributed by atoms with Gasteiger partial charge < -0.3 is 15.0 Å². The standard InChI is InChI=1S/C24H30N4O/c1-18-8-5-6-16-28(18)17-7-15-25-24-21-9-3-4-10-22(21)26-23(27-24)19-11-13-20(29-2)14-12-19/h3-4,9-14,18H,5-8,15-17H2,1-2H3,(H,25,26,27)/t18-/m1/s1. The number of hydrogen-bond acceptors (Lipinski definition) is 5. The number of piperidine rings is 1. The van der Waals surface area contributed by atoms with E-state index in [-0.39, 0.29) is 0 Å². The number of rotatable bonds is 7. The van der Waals surface area contributed by atoms with E-state index in [0.717, 1.165) is 53.4 Å². The molecule has 1 aliphatic heterocycles. The van der Waals surface area contributed by atoms with Crippen molar-refractivity contribution in [2.24, 2.45) is 0 Å². The van der Waals surface area contributed by atoms with Crippen molar-refractivity contribution in [3.8, 4) is 17.1 Å². The van der Waals surface area contributed by atoms with E-state index >= 15 is 0 Å². The quantitative estimate of drug-likeness (QED) is 0.577. The molecule has 5 heteroatoms. The van der Waals surface area contributed by atoms with Gasteiger partial charge in [0.25, 0.3) is 0 Å². The fourth-order valence-corrected chi connectivity index (χ4v) is 4.06. The van der Waals surface area contributed by atoms with Gasteiger partial charge in [-0.2, -0.15) is 0 Å². The maximum Gasteiger partial charge on any atom is 0.162 e. The Morgan fingerprint density at radius 1 is 1.07 bits per heavy atom. The predicted molar refractivity (Wildman–Crippen MR) is 120 cm³/mol. The molecule has 2 heterocycles. The van der Waals surface area contributed by atoms with Crippen LogP contribution < -0.4 is 10.1 Å². The molecule has 1 aromatic heterocycles. The van der Waals surface area contributed by atoms with E-state index in [1.165, 1.54) is 25.8 Å². The molecular formula is C24H30N4O. The Kier molecular flexibility index (Phi) is 6.25. The van der Waals surface area contributed by atoms with Crippen molar-refractivity contribution in [1.82, 2.24) is 14.9 Å². The zero-order valence-corrected chi connectivity index (χ0v) is 17.4. The van der Waals surface area contributed by atoms with Crippen LogP contribution in [-0.4, -0.2) is 47.7 Å². The van der Waals surface area contributed by atoms with Gasteiger partial charge in [0.1, 0.15) is 11.6 Å². The summed E-state index contributed by atoms with van der Waals surface area (Å²) in [4.78, 5) is 12.2. The highest BCUT2D eigenvalue weighted by atomic mass is 16.5. The van der Waals surface area contributed by atoms with E-state index < -0.39 is 0 Å². The Hall–Kier alpha value is -2.66. The number of methoxy groups -OCH3 is 1. The first-order valence-electron chi connectivity index (χ1n) is 10.6. The second kappa shape index (κ2) is 9.23. The molecule has 1 aliphatic rings. The first-order chi connectivity index (χ1) is 14.2. The largest absolute Gasteiger partial charge is 0.497 e. The minimum absolute atomic E-state index is 0.713. The van der Waals surface area contributed by atoms with Crippen LogP contribution in [0.1, 0.15) is 32.6 Å². The number of hydrogen-bond donors (Lipinski definition) is 1. The molecule has 29 heavy (non-hydrogen) atoms. The Morgan fingerprint density at radius 3 is 2.69 bits per heavy atom. The van der Waals surface area contributed by atoms with Crippen LogP contribution >= 0.6 is 0 Å². The van der Waals surface area contributed by atoms with Crippen LogP contribution in [0.15, 0.2) is 48.5 Å². The Balaban J connectivity index is 1.49. The summed E-state index contributed by atoms with van der Waals surface area (Å²) < 4.78 is 5.26. The van der Waals surface area contributed by atoms with Crippen molar-refractivity contribution in [3.05, 3.63) is 48.5 Å². The normalized spacial score (nSPS) is 17.4. The average molecular weight is 391 g/mol. The zero-order chi connectivity index (χ0) is 20.1. The van der Waals surface area contributed by atoms with E-state index in [4.69, 9.17) is 14.7 Å². The predicted octanol–water partition coefficient (Wildman–Crippen LogP) is 4.98. The van der Waals surface area contributed by atoms with Gasteiger partial charge in [-0.15, -0.1) is 0 Å². The van der Waals surface area contributed by atoms with Gasteiger partial charge in [0.05, 0.1) is 12.6 Å². The van der Waals surface area contributed by atoms with Crippen molar-refractivity contribution in [2.45, 2.75) is 38.6 Å². The highest BCUT2D eigenvalue weighted by Gasteiger charge is 2.17. The van der Waals surface area contributed by atoms with Crippen molar-refractivity contribution >= 4 is 16.7 Å². The van der Waals surface area contributed by atoms with Crippen LogP contribution in [0.25, 0.3) is 22.3 Å². The van der Waals surface area contributed by atoms with Crippen LogP contribution in [0.5, 0.6) is 5.75 Å². The molecule has 0 unspecified atom stereocenters. The minimum atomic E-state index is 0.713. The molecule has 4 rings (SSSR count). The monoisotopic (exact) mass is 390 g/mol. The lowest BCUT2D eigenvalue weighted by Crippen LogP contribution is -2.38. The lowest BCUT2D eigenvalue weighted by molar-refractivity contribution is 0.160. The topological polar surface area (TPSA) is 50.3 Å². The molecule has 2 aromatic carbocycles. The second-order valence-electron chi connectivity index (χ2n) is 7.80. The van der Waals surface area contributed by atoms with Gasteiger partial charge in [0, 0.05) is 30.1 Å². The summed E-state index contributed by atoms with van der Waals surface area (Å²) in [5.74, 6) is 2.48. The van der Waals surface area contributed by atoms with Gasteiger partial charge in [-0.3, -0.25) is 0 Å². The molecule has 1 saturated heterocycles. The molecule has 0 spiro atoms. The van der Waals surface area contributed by atoms with Crippen LogP contribution in [0.4, 0.5) is 5.82 Å². The van der Waals surface area contributed by atoms with E-state index in [1.54, 1.807) is 7.11 Å². The summed E-state index contributed by atoms with van der Waals surface area (Å²) in [6.45, 7) is 5.64. The van der Waals surface area contributed by atoms with Crippen LogP contribution in [-0.2, 0) is 0 Å². The van der Waals surface area contributed by atoms with Crippen LogP contribution in [0.2, 0.25) is 0 Å². The zero-order valence-electron chi connectivity index (χ0n) is 17.4. The third-order valence-corrected chi connectivity index (χ3v) is 5.81. The fraction of sp³-hybridized carbons (Fsp3) is 0.417. The number of nitrogens with one attached hydrogen (secondary N) is 1. The van der Waals surface area contributed by atoms with E-state index in [1.807, 2.05) is 42.5 Å². The van der Waals surface area contributed by atoms with E-state index in [9.17, 15) is 0 Å². The third-order valence-electron chi connectivity index (χ3n) is 5.81. The Morgan fingerprint density at radius 2 is 1.90 bits per heavy atom. The number of likely N-dealkylation sites (tertiary alicyclic amines) is 1. The molecule has 5 nitrogen and oxygen atoms in total. The van der Waals surface area contributed by atoms with Gasteiger partial charge in [-0.25, -0.2) is 9.97 Å². The first kappa shape index (κ1) is 19.6. The number of para-hydroxylation sites is 1. The fourth-order valence-electron chi connectivity index (χ4n) is 4.06. The summed E-state index contributed by atoms with van der Waals surface area (Å²) in [5, 5.41) is 4.64. The van der Waals surface area contributed by atoms with E-state index in [0.29, 0.717) is 6.04 Å². The molecular weight excluding hydrogens is 360 g/mol. The molecule has 0 bridgehead atoms. The van der Waals surface area contributed by atoms with Crippen molar-refractivity contribution in [1.29, 1.82) is 0 Å². The van der Waals surface area contributed by atoms with Gasteiger partial charge in [0.15, 0.2) is 5.82 Å². The number of aromatic nitrogens is 2. The summed E-state index contributed by atoms with van der Waals surface area (Å²) in [6.07, 6.45) is 5.15. The smallest absolute Gasteiger partial charge is 0.162 e. The van der Waals surface area contributed by atoms with Gasteiger partial charge >= 0.3 is 0 Å². The number of benzene rings is 2. The molecule has 1 fully saturated rings. The van der Waals surface area contributed by atoms with E-state index in [2.05, 4.69) is 23.2 Å². The minimum Gasteiger partial charge on any atom is -0.497 e. The van der Waals surface area contributed by atoms with Crippen LogP contribution in [0, 0.1) is 0 Å². The van der Waals surface area contributed by atoms with Crippen molar-refractivity contribution < 1.29 is 4.74 Å². The number of nitrogens with zero attached hydrogens (tertiary/aromatic N) is 3. The molecule has 152 valence electrons. The molecule has 1 atom stereocenters. The second-order valence-corrected chi connectivity index (χ2v) is 7.80. The SMILES string of the molecule is COc1ccc(-c2nc(NCCCN3CCCC[C@H]3C)c3ccccc3n2)cc1. The summed E-state index contributed by atoms with van der Waals surface area (Å²) in [6, 6.07) is 16.8. The molecule has 0 amide bonds. The molecule has 1 N–H and O–H groups in total. The number of fused-ring (bicyclic) bond motifs is 1. The Bertz CT molecular complexity index is 941. The lowest BCUT2D eigenvalue weighted by Gasteiger charge is -2.33. The molecule has 0 saturated carbocycles. The average Bonchev–Trinajstić information content (AvgIpc) is 2.77. The molecule has 0 aliphatic carbocycles. The summed E-state index contributed by atoms with van der Waals surface area (Å²) in [7, 11) is 1.67. The van der Waals surface area contributed by atoms with Crippen molar-refractivity contribution in [2.75, 3.05) is 32.1 Å². The summed E-state index contributed by atoms with van der Waals surface area (Å²) in [5.41, 5.74) is 1.95. The number of ether oxygens (including phenoxy) is 1. The first-order valence-corrected chi connectivity index (χ1v) is 10.6. The van der Waals surface area contributed by atoms with Gasteiger partial charge in [0.2, 0.25) is 0 Å². The van der Waals surface area contributed by atoms with Gasteiger partial charge in [-0.05, 0) is 69.1 Å². The highest BCUT2D eigenvalue weighted by Crippen LogP contribution is 2.26. The molecule has 0 radical (unpaired) electrons. The Labute approximate surface area is 173 Å².